The number of fused-ring (bicyclic) bond motifs is 5. The van der Waals surface area contributed by atoms with E-state index in [9.17, 15) is 14.7 Å². The van der Waals surface area contributed by atoms with Crippen LogP contribution in [0.25, 0.3) is 27.7 Å². The largest absolute Gasteiger partial charge is 0.507 e. The minimum atomic E-state index is -0.891. The Kier molecular flexibility index (Phi) is 7.36. The molecule has 1 amide bonds. The van der Waals surface area contributed by atoms with Gasteiger partial charge < -0.3 is 19.6 Å². The SMILES string of the molecule is C=CC(=O)N1CC2COc3c(c4cc(F)c(-c5c(O)cccc5F)c(Cl)c4n(-c4c(C)ccnc4C(C)C)c3=O)N2CC1C. The summed E-state index contributed by atoms with van der Waals surface area (Å²) in [5, 5.41) is 10.6. The van der Waals surface area contributed by atoms with Crippen molar-refractivity contribution in [2.75, 3.05) is 24.6 Å². The highest BCUT2D eigenvalue weighted by molar-refractivity contribution is 6.38. The summed E-state index contributed by atoms with van der Waals surface area (Å²) in [6, 6.07) is 6.00. The van der Waals surface area contributed by atoms with Gasteiger partial charge in [-0.15, -0.1) is 0 Å². The first kappa shape index (κ1) is 29.6. The molecule has 11 heteroatoms. The predicted molar refractivity (Wildman–Crippen MR) is 166 cm³/mol. The number of carbonyl (C=O) groups excluding carboxylic acids is 1. The van der Waals surface area contributed by atoms with E-state index >= 15 is 8.78 Å². The summed E-state index contributed by atoms with van der Waals surface area (Å²) in [5.41, 5.74) is 0.890. The molecule has 0 bridgehead atoms. The Bertz CT molecular complexity index is 1900. The number of anilines is 1. The lowest BCUT2D eigenvalue weighted by molar-refractivity contribution is -0.129. The fraction of sp³-hybridized carbons (Fsp3) is 0.303. The van der Waals surface area contributed by atoms with Crippen molar-refractivity contribution < 1.29 is 23.4 Å². The molecule has 0 radical (unpaired) electrons. The van der Waals surface area contributed by atoms with Crippen molar-refractivity contribution in [2.24, 2.45) is 0 Å². The number of phenols is 1. The van der Waals surface area contributed by atoms with Gasteiger partial charge in [0.2, 0.25) is 11.7 Å². The van der Waals surface area contributed by atoms with Crippen molar-refractivity contribution in [3.05, 3.63) is 87.5 Å². The van der Waals surface area contributed by atoms with E-state index in [1.165, 1.54) is 28.8 Å². The summed E-state index contributed by atoms with van der Waals surface area (Å²) in [4.78, 5) is 35.4. The lowest BCUT2D eigenvalue weighted by atomic mass is 9.97. The van der Waals surface area contributed by atoms with Crippen molar-refractivity contribution in [2.45, 2.75) is 45.7 Å². The number of carbonyl (C=O) groups is 1. The number of hydrogen-bond acceptors (Lipinski definition) is 6. The number of benzene rings is 2. The topological polar surface area (TPSA) is 87.9 Å². The highest BCUT2D eigenvalue weighted by Gasteiger charge is 2.41. The van der Waals surface area contributed by atoms with Crippen LogP contribution in [0.2, 0.25) is 5.02 Å². The molecule has 2 aromatic heterocycles. The summed E-state index contributed by atoms with van der Waals surface area (Å²) >= 11 is 7.05. The highest BCUT2D eigenvalue weighted by atomic mass is 35.5. The van der Waals surface area contributed by atoms with Gasteiger partial charge in [0.05, 0.1) is 39.2 Å². The second-order valence-electron chi connectivity index (χ2n) is 11.6. The van der Waals surface area contributed by atoms with E-state index in [2.05, 4.69) is 11.6 Å². The minimum Gasteiger partial charge on any atom is -0.507 e. The molecule has 0 aliphatic carbocycles. The fourth-order valence-electron chi connectivity index (χ4n) is 6.40. The second-order valence-corrected chi connectivity index (χ2v) is 12.0. The number of phenolic OH excluding ortho intramolecular Hbond substituents is 1. The Morgan fingerprint density at radius 3 is 2.61 bits per heavy atom. The van der Waals surface area contributed by atoms with Gasteiger partial charge in [-0.25, -0.2) is 8.78 Å². The number of ether oxygens (including phenoxy) is 1. The smallest absolute Gasteiger partial charge is 0.300 e. The quantitative estimate of drug-likeness (QED) is 0.277. The van der Waals surface area contributed by atoms with Gasteiger partial charge in [0, 0.05) is 36.3 Å². The molecule has 6 rings (SSSR count). The van der Waals surface area contributed by atoms with Gasteiger partial charge in [-0.05, 0) is 55.7 Å². The van der Waals surface area contributed by atoms with E-state index in [4.69, 9.17) is 16.3 Å². The van der Waals surface area contributed by atoms with Gasteiger partial charge in [0.15, 0.2) is 0 Å². The Balaban J connectivity index is 1.75. The standard InChI is InChI=1S/C33H31ClF2N4O4/c1-6-24(42)38-14-19-15-44-32-31(39(19)13-18(38)5)20-12-22(36)26(25-21(35)8-7-9-23(25)41)27(34)30(20)40(33(32)43)29-17(4)10-11-37-28(29)16(2)3/h6-12,16,18-19,41H,1,13-15H2,2-5H3. The van der Waals surface area contributed by atoms with Gasteiger partial charge in [-0.3, -0.25) is 19.1 Å². The third-order valence-electron chi connectivity index (χ3n) is 8.46. The van der Waals surface area contributed by atoms with Crippen LogP contribution in [0.15, 0.2) is 54.0 Å². The second kappa shape index (κ2) is 10.9. The Morgan fingerprint density at radius 1 is 1.18 bits per heavy atom. The van der Waals surface area contributed by atoms with Gasteiger partial charge in [-0.2, -0.15) is 0 Å². The molecule has 2 aliphatic heterocycles. The molecule has 228 valence electrons. The maximum Gasteiger partial charge on any atom is 0.300 e. The van der Waals surface area contributed by atoms with E-state index in [-0.39, 0.29) is 57.8 Å². The molecule has 1 N–H and O–H groups in total. The van der Waals surface area contributed by atoms with Crippen LogP contribution in [0.5, 0.6) is 11.5 Å². The first-order valence-corrected chi connectivity index (χ1v) is 14.7. The van der Waals surface area contributed by atoms with E-state index in [0.717, 1.165) is 6.07 Å². The zero-order valence-electron chi connectivity index (χ0n) is 24.7. The molecular formula is C33H31ClF2N4O4. The monoisotopic (exact) mass is 620 g/mol. The van der Waals surface area contributed by atoms with Crippen LogP contribution in [-0.2, 0) is 4.79 Å². The van der Waals surface area contributed by atoms with Gasteiger partial charge in [-0.1, -0.05) is 38.1 Å². The number of halogens is 3. The average Bonchev–Trinajstić information content (AvgIpc) is 2.98. The number of amides is 1. The van der Waals surface area contributed by atoms with Crippen LogP contribution < -0.4 is 15.2 Å². The van der Waals surface area contributed by atoms with Gasteiger partial charge in [0.1, 0.15) is 24.0 Å². The summed E-state index contributed by atoms with van der Waals surface area (Å²) in [6.07, 6.45) is 2.91. The molecule has 2 atom stereocenters. The number of nitrogens with zero attached hydrogens (tertiary/aromatic N) is 4. The van der Waals surface area contributed by atoms with Crippen LogP contribution in [-0.4, -0.2) is 57.2 Å². The number of hydrogen-bond donors (Lipinski definition) is 1. The van der Waals surface area contributed by atoms with Crippen molar-refractivity contribution in [1.82, 2.24) is 14.5 Å². The lowest BCUT2D eigenvalue weighted by Gasteiger charge is -2.48. The zero-order valence-corrected chi connectivity index (χ0v) is 25.5. The molecule has 2 aliphatic rings. The summed E-state index contributed by atoms with van der Waals surface area (Å²) < 4.78 is 38.9. The van der Waals surface area contributed by atoms with Gasteiger partial charge in [0.25, 0.3) is 5.56 Å². The zero-order chi connectivity index (χ0) is 31.6. The summed E-state index contributed by atoms with van der Waals surface area (Å²) in [5.74, 6) is -2.59. The predicted octanol–water partition coefficient (Wildman–Crippen LogP) is 6.11. The molecular weight excluding hydrogens is 590 g/mol. The number of aromatic nitrogens is 2. The highest BCUT2D eigenvalue weighted by Crippen LogP contribution is 2.48. The molecule has 4 aromatic rings. The number of rotatable bonds is 4. The molecule has 44 heavy (non-hydrogen) atoms. The number of aryl methyl sites for hydroxylation is 1. The molecule has 2 aromatic carbocycles. The van der Waals surface area contributed by atoms with Crippen LogP contribution in [0, 0.1) is 18.6 Å². The van der Waals surface area contributed by atoms with Crippen LogP contribution in [0.4, 0.5) is 14.5 Å². The van der Waals surface area contributed by atoms with Crippen molar-refractivity contribution in [3.8, 4) is 28.3 Å². The number of piperazine rings is 1. The first-order chi connectivity index (χ1) is 21.0. The molecule has 4 heterocycles. The summed E-state index contributed by atoms with van der Waals surface area (Å²) in [6.45, 7) is 11.9. The van der Waals surface area contributed by atoms with Crippen molar-refractivity contribution in [3.63, 3.8) is 0 Å². The molecule has 0 saturated carbocycles. The maximum atomic E-state index is 16.2. The number of aromatic hydroxyl groups is 1. The normalized spacial score (nSPS) is 17.8. The molecule has 2 unspecified atom stereocenters. The summed E-state index contributed by atoms with van der Waals surface area (Å²) in [7, 11) is 0. The van der Waals surface area contributed by atoms with Crippen molar-refractivity contribution >= 4 is 34.1 Å². The van der Waals surface area contributed by atoms with Crippen molar-refractivity contribution in [1.29, 1.82) is 0 Å². The Morgan fingerprint density at radius 2 is 1.93 bits per heavy atom. The van der Waals surface area contributed by atoms with E-state index in [0.29, 0.717) is 35.7 Å². The van der Waals surface area contributed by atoms with Crippen LogP contribution in [0.3, 0.4) is 0 Å². The third-order valence-corrected chi connectivity index (χ3v) is 8.82. The Labute approximate surface area is 257 Å². The van der Waals surface area contributed by atoms with E-state index < -0.39 is 28.5 Å². The Hall–Kier alpha value is -4.44. The molecule has 0 spiro atoms. The average molecular weight is 621 g/mol. The molecule has 1 fully saturated rings. The van der Waals surface area contributed by atoms with E-state index in [1.54, 1.807) is 17.2 Å². The van der Waals surface area contributed by atoms with Crippen LogP contribution >= 0.6 is 11.6 Å². The first-order valence-electron chi connectivity index (χ1n) is 14.3. The molecule has 1 saturated heterocycles. The maximum absolute atomic E-state index is 16.2. The number of pyridine rings is 2. The fourth-order valence-corrected chi connectivity index (χ4v) is 6.77. The van der Waals surface area contributed by atoms with Crippen LogP contribution in [0.1, 0.15) is 37.9 Å². The lowest BCUT2D eigenvalue weighted by Crippen LogP contribution is -2.62. The van der Waals surface area contributed by atoms with E-state index in [1.807, 2.05) is 32.6 Å². The molecule has 8 nitrogen and oxygen atoms in total. The minimum absolute atomic E-state index is 0.0133. The third kappa shape index (κ3) is 4.42. The van der Waals surface area contributed by atoms with Gasteiger partial charge >= 0.3 is 0 Å².